The van der Waals surface area contributed by atoms with E-state index in [1.807, 2.05) is 0 Å². The van der Waals surface area contributed by atoms with Gasteiger partial charge in [-0.15, -0.1) is 0 Å². The van der Waals surface area contributed by atoms with E-state index in [1.165, 1.54) is 13.1 Å². The number of hydrogen-bond donors (Lipinski definition) is 3. The Morgan fingerprint density at radius 3 is 2.67 bits per heavy atom. The Labute approximate surface area is 105 Å². The zero-order valence-electron chi connectivity index (χ0n) is 10.3. The summed E-state index contributed by atoms with van der Waals surface area (Å²) in [4.78, 5) is 24.8. The van der Waals surface area contributed by atoms with Crippen LogP contribution in [0.2, 0.25) is 0 Å². The van der Waals surface area contributed by atoms with Gasteiger partial charge in [-0.2, -0.15) is 5.10 Å². The van der Waals surface area contributed by atoms with Gasteiger partial charge in [0.25, 0.3) is 5.91 Å². The Bertz CT molecular complexity index is 448. The molecule has 4 N–H and O–H groups in total. The number of nitrogens with zero attached hydrogens (tertiary/aromatic N) is 2. The molecule has 2 heterocycles. The summed E-state index contributed by atoms with van der Waals surface area (Å²) in [5.41, 5.74) is 6.35. The molecule has 98 valence electrons. The topological polar surface area (TPSA) is 104 Å². The lowest BCUT2D eigenvalue weighted by atomic mass is 10.0. The standard InChI is InChI=1S/C11H17N5O2/c1-7(17)14-8-2-4-16(5-3-8)11(18)10-9(12)6-13-15-10/h6,8H,2-5,12H2,1H3,(H,13,15)(H,14,17). The minimum absolute atomic E-state index is 0.0300. The fourth-order valence-corrected chi connectivity index (χ4v) is 2.14. The number of aromatic nitrogens is 2. The van der Waals surface area contributed by atoms with Crippen molar-refractivity contribution in [2.24, 2.45) is 0 Å². The molecule has 0 atom stereocenters. The molecule has 0 spiro atoms. The van der Waals surface area contributed by atoms with Crippen LogP contribution >= 0.6 is 0 Å². The Morgan fingerprint density at radius 2 is 2.17 bits per heavy atom. The van der Waals surface area contributed by atoms with Crippen molar-refractivity contribution in [1.29, 1.82) is 0 Å². The van der Waals surface area contributed by atoms with Crippen molar-refractivity contribution >= 4 is 17.5 Å². The summed E-state index contributed by atoms with van der Waals surface area (Å²) in [5.74, 6) is -0.163. The van der Waals surface area contributed by atoms with Crippen LogP contribution in [0.3, 0.4) is 0 Å². The molecule has 1 aliphatic rings. The number of carbonyl (C=O) groups excluding carboxylic acids is 2. The third-order valence-electron chi connectivity index (χ3n) is 3.07. The number of rotatable bonds is 2. The van der Waals surface area contributed by atoms with Crippen LogP contribution in [0.25, 0.3) is 0 Å². The normalized spacial score (nSPS) is 16.6. The molecule has 7 heteroatoms. The lowest BCUT2D eigenvalue weighted by molar-refractivity contribution is -0.119. The molecule has 0 unspecified atom stereocenters. The number of nitrogen functional groups attached to an aromatic ring is 1. The predicted octanol–water partition coefficient (Wildman–Crippen LogP) is -0.267. The number of carbonyl (C=O) groups is 2. The summed E-state index contributed by atoms with van der Waals surface area (Å²) in [6, 6.07) is 0.158. The van der Waals surface area contributed by atoms with Crippen molar-refractivity contribution < 1.29 is 9.59 Å². The summed E-state index contributed by atoms with van der Waals surface area (Å²) in [6.07, 6.45) is 2.95. The SMILES string of the molecule is CC(=O)NC1CCN(C(=O)c2[nH]ncc2N)CC1. The van der Waals surface area contributed by atoms with Crippen molar-refractivity contribution in [3.05, 3.63) is 11.9 Å². The van der Waals surface area contributed by atoms with Gasteiger partial charge in [-0.25, -0.2) is 0 Å². The summed E-state index contributed by atoms with van der Waals surface area (Å²) >= 11 is 0. The van der Waals surface area contributed by atoms with Crippen LogP contribution in [-0.4, -0.2) is 46.0 Å². The van der Waals surface area contributed by atoms with Crippen LogP contribution in [0.1, 0.15) is 30.3 Å². The molecule has 1 aromatic rings. The van der Waals surface area contributed by atoms with Gasteiger partial charge < -0.3 is 16.0 Å². The molecule has 2 rings (SSSR count). The number of nitrogens with two attached hydrogens (primary N) is 1. The number of aromatic amines is 1. The van der Waals surface area contributed by atoms with Crippen LogP contribution in [0, 0.1) is 0 Å². The van der Waals surface area contributed by atoms with Crippen LogP contribution < -0.4 is 11.1 Å². The quantitative estimate of drug-likeness (QED) is 0.673. The zero-order valence-corrected chi connectivity index (χ0v) is 10.3. The molecule has 7 nitrogen and oxygen atoms in total. The van der Waals surface area contributed by atoms with E-state index in [-0.39, 0.29) is 17.9 Å². The zero-order chi connectivity index (χ0) is 13.1. The van der Waals surface area contributed by atoms with Gasteiger partial charge in [-0.3, -0.25) is 14.7 Å². The van der Waals surface area contributed by atoms with Gasteiger partial charge >= 0.3 is 0 Å². The highest BCUT2D eigenvalue weighted by molar-refractivity contribution is 5.97. The fourth-order valence-electron chi connectivity index (χ4n) is 2.14. The maximum Gasteiger partial charge on any atom is 0.274 e. The van der Waals surface area contributed by atoms with Crippen LogP contribution in [-0.2, 0) is 4.79 Å². The molecule has 1 saturated heterocycles. The number of nitrogens with one attached hydrogen (secondary N) is 2. The summed E-state index contributed by atoms with van der Waals surface area (Å²) in [5, 5.41) is 9.21. The lowest BCUT2D eigenvalue weighted by Gasteiger charge is -2.31. The summed E-state index contributed by atoms with van der Waals surface area (Å²) in [6.45, 7) is 2.73. The molecular weight excluding hydrogens is 234 g/mol. The molecular formula is C11H17N5O2. The maximum absolute atomic E-state index is 12.1. The first-order chi connectivity index (χ1) is 8.58. The second-order valence-corrected chi connectivity index (χ2v) is 4.47. The molecule has 1 fully saturated rings. The Balaban J connectivity index is 1.92. The third-order valence-corrected chi connectivity index (χ3v) is 3.07. The lowest BCUT2D eigenvalue weighted by Crippen LogP contribution is -2.46. The van der Waals surface area contributed by atoms with Crippen molar-refractivity contribution in [3.63, 3.8) is 0 Å². The van der Waals surface area contributed by atoms with Crippen molar-refractivity contribution in [1.82, 2.24) is 20.4 Å². The van der Waals surface area contributed by atoms with Gasteiger partial charge in [-0.05, 0) is 12.8 Å². The second kappa shape index (κ2) is 5.07. The van der Waals surface area contributed by atoms with Gasteiger partial charge in [0.2, 0.25) is 5.91 Å². The highest BCUT2D eigenvalue weighted by atomic mass is 16.2. The molecule has 0 radical (unpaired) electrons. The molecule has 18 heavy (non-hydrogen) atoms. The van der Waals surface area contributed by atoms with Crippen molar-refractivity contribution in [2.75, 3.05) is 18.8 Å². The largest absolute Gasteiger partial charge is 0.396 e. The number of hydrogen-bond acceptors (Lipinski definition) is 4. The van der Waals surface area contributed by atoms with E-state index in [2.05, 4.69) is 15.5 Å². The van der Waals surface area contributed by atoms with Gasteiger partial charge in [0.05, 0.1) is 11.9 Å². The minimum atomic E-state index is -0.133. The molecule has 0 aliphatic carbocycles. The van der Waals surface area contributed by atoms with Crippen molar-refractivity contribution in [2.45, 2.75) is 25.8 Å². The Kier molecular flexibility index (Phi) is 3.50. The van der Waals surface area contributed by atoms with E-state index in [0.29, 0.717) is 24.5 Å². The number of H-pyrrole nitrogens is 1. The van der Waals surface area contributed by atoms with Crippen molar-refractivity contribution in [3.8, 4) is 0 Å². The van der Waals surface area contributed by atoms with Gasteiger partial charge in [0, 0.05) is 26.1 Å². The average molecular weight is 251 g/mol. The first kappa shape index (κ1) is 12.4. The van der Waals surface area contributed by atoms with E-state index >= 15 is 0 Å². The van der Waals surface area contributed by atoms with Crippen LogP contribution in [0.15, 0.2) is 6.20 Å². The Morgan fingerprint density at radius 1 is 1.50 bits per heavy atom. The minimum Gasteiger partial charge on any atom is -0.396 e. The number of piperidine rings is 1. The number of likely N-dealkylation sites (tertiary alicyclic amines) is 1. The fraction of sp³-hybridized carbons (Fsp3) is 0.545. The second-order valence-electron chi connectivity index (χ2n) is 4.47. The van der Waals surface area contributed by atoms with E-state index in [1.54, 1.807) is 4.90 Å². The Hall–Kier alpha value is -2.05. The first-order valence-electron chi connectivity index (χ1n) is 5.93. The van der Waals surface area contributed by atoms with Crippen LogP contribution in [0.4, 0.5) is 5.69 Å². The monoisotopic (exact) mass is 251 g/mol. The smallest absolute Gasteiger partial charge is 0.274 e. The third kappa shape index (κ3) is 2.61. The molecule has 1 aliphatic heterocycles. The van der Waals surface area contributed by atoms with E-state index < -0.39 is 0 Å². The predicted molar refractivity (Wildman–Crippen MR) is 65.7 cm³/mol. The van der Waals surface area contributed by atoms with Gasteiger partial charge in [0.15, 0.2) is 0 Å². The summed E-state index contributed by atoms with van der Waals surface area (Å²) in [7, 11) is 0. The molecule has 2 amide bonds. The molecule has 1 aromatic heterocycles. The molecule has 0 aromatic carbocycles. The van der Waals surface area contributed by atoms with E-state index in [4.69, 9.17) is 5.73 Å². The first-order valence-corrected chi connectivity index (χ1v) is 5.93. The highest BCUT2D eigenvalue weighted by Gasteiger charge is 2.25. The van der Waals surface area contributed by atoms with Crippen LogP contribution in [0.5, 0.6) is 0 Å². The highest BCUT2D eigenvalue weighted by Crippen LogP contribution is 2.15. The van der Waals surface area contributed by atoms with E-state index in [0.717, 1.165) is 12.8 Å². The van der Waals surface area contributed by atoms with E-state index in [9.17, 15) is 9.59 Å². The number of anilines is 1. The van der Waals surface area contributed by atoms with Gasteiger partial charge in [0.1, 0.15) is 5.69 Å². The van der Waals surface area contributed by atoms with Gasteiger partial charge in [-0.1, -0.05) is 0 Å². The number of amides is 2. The maximum atomic E-state index is 12.1. The summed E-state index contributed by atoms with van der Waals surface area (Å²) < 4.78 is 0. The molecule has 0 saturated carbocycles. The average Bonchev–Trinajstić information content (AvgIpc) is 2.75. The molecule has 0 bridgehead atoms.